The standard InChI is InChI=1S/C21H25N5OS/c1-4-21(2,3)23-18(27)15-28-20-25-24-19(17-10-12-22-13-11-17)26(20)14-16-8-6-5-7-9-16/h5-13H,4,14-15H2,1-3H3,(H,23,27). The van der Waals surface area contributed by atoms with Crippen LogP contribution in [0.5, 0.6) is 0 Å². The molecule has 0 bridgehead atoms. The molecule has 1 N–H and O–H groups in total. The van der Waals surface area contributed by atoms with Crippen LogP contribution in [-0.2, 0) is 11.3 Å². The first kappa shape index (κ1) is 20.1. The van der Waals surface area contributed by atoms with Crippen LogP contribution in [-0.4, -0.2) is 36.9 Å². The van der Waals surface area contributed by atoms with Crippen LogP contribution >= 0.6 is 11.8 Å². The average Bonchev–Trinajstić information content (AvgIpc) is 3.10. The second-order valence-corrected chi connectivity index (χ2v) is 8.13. The molecule has 3 aromatic rings. The van der Waals surface area contributed by atoms with Crippen LogP contribution in [0.15, 0.2) is 60.0 Å². The summed E-state index contributed by atoms with van der Waals surface area (Å²) in [4.78, 5) is 16.4. The largest absolute Gasteiger partial charge is 0.351 e. The normalized spacial score (nSPS) is 11.4. The van der Waals surface area contributed by atoms with Crippen molar-refractivity contribution in [2.24, 2.45) is 0 Å². The summed E-state index contributed by atoms with van der Waals surface area (Å²) in [5, 5.41) is 12.5. The summed E-state index contributed by atoms with van der Waals surface area (Å²) in [6.45, 7) is 6.74. The second kappa shape index (κ2) is 9.01. The van der Waals surface area contributed by atoms with Crippen molar-refractivity contribution in [1.82, 2.24) is 25.1 Å². The van der Waals surface area contributed by atoms with E-state index in [1.54, 1.807) is 12.4 Å². The third-order valence-electron chi connectivity index (χ3n) is 4.53. The van der Waals surface area contributed by atoms with E-state index >= 15 is 0 Å². The number of benzene rings is 1. The first-order chi connectivity index (χ1) is 13.5. The van der Waals surface area contributed by atoms with Crippen molar-refractivity contribution in [2.75, 3.05) is 5.75 Å². The van der Waals surface area contributed by atoms with Crippen molar-refractivity contribution < 1.29 is 4.79 Å². The summed E-state index contributed by atoms with van der Waals surface area (Å²) >= 11 is 1.40. The maximum absolute atomic E-state index is 12.3. The Morgan fingerprint density at radius 3 is 2.50 bits per heavy atom. The van der Waals surface area contributed by atoms with Gasteiger partial charge in [0.05, 0.1) is 12.3 Å². The lowest BCUT2D eigenvalue weighted by Crippen LogP contribution is -2.43. The highest BCUT2D eigenvalue weighted by Crippen LogP contribution is 2.25. The zero-order valence-electron chi connectivity index (χ0n) is 16.4. The maximum atomic E-state index is 12.3. The van der Waals surface area contributed by atoms with E-state index < -0.39 is 0 Å². The van der Waals surface area contributed by atoms with Gasteiger partial charge >= 0.3 is 0 Å². The molecular weight excluding hydrogens is 370 g/mol. The molecule has 0 atom stereocenters. The predicted octanol–water partition coefficient (Wildman–Crippen LogP) is 3.79. The molecule has 2 aromatic heterocycles. The van der Waals surface area contributed by atoms with Gasteiger partial charge in [-0.1, -0.05) is 49.0 Å². The van der Waals surface area contributed by atoms with Crippen LogP contribution in [0, 0.1) is 0 Å². The van der Waals surface area contributed by atoms with E-state index in [0.717, 1.165) is 28.5 Å². The van der Waals surface area contributed by atoms with Gasteiger partial charge in [-0.3, -0.25) is 14.3 Å². The van der Waals surface area contributed by atoms with Crippen LogP contribution in [0.1, 0.15) is 32.8 Å². The lowest BCUT2D eigenvalue weighted by molar-refractivity contribution is -0.120. The lowest BCUT2D eigenvalue weighted by atomic mass is 10.0. The molecule has 0 aliphatic heterocycles. The summed E-state index contributed by atoms with van der Waals surface area (Å²) < 4.78 is 2.05. The number of nitrogens with one attached hydrogen (secondary N) is 1. The van der Waals surface area contributed by atoms with Crippen molar-refractivity contribution in [1.29, 1.82) is 0 Å². The Morgan fingerprint density at radius 1 is 1.11 bits per heavy atom. The first-order valence-electron chi connectivity index (χ1n) is 9.30. The zero-order chi connectivity index (χ0) is 20.0. The fourth-order valence-corrected chi connectivity index (χ4v) is 3.39. The third-order valence-corrected chi connectivity index (χ3v) is 5.50. The molecule has 0 saturated carbocycles. The van der Waals surface area contributed by atoms with Gasteiger partial charge in [-0.15, -0.1) is 10.2 Å². The molecule has 7 heteroatoms. The van der Waals surface area contributed by atoms with Crippen molar-refractivity contribution in [3.05, 3.63) is 60.4 Å². The number of carbonyl (C=O) groups excluding carboxylic acids is 1. The smallest absolute Gasteiger partial charge is 0.230 e. The fraction of sp³-hybridized carbons (Fsp3) is 0.333. The zero-order valence-corrected chi connectivity index (χ0v) is 17.2. The van der Waals surface area contributed by atoms with Crippen LogP contribution in [0.25, 0.3) is 11.4 Å². The molecule has 28 heavy (non-hydrogen) atoms. The lowest BCUT2D eigenvalue weighted by Gasteiger charge is -2.24. The average molecular weight is 396 g/mol. The van der Waals surface area contributed by atoms with E-state index in [4.69, 9.17) is 0 Å². The van der Waals surface area contributed by atoms with Crippen LogP contribution in [0.4, 0.5) is 0 Å². The number of amides is 1. The Balaban J connectivity index is 1.82. The summed E-state index contributed by atoms with van der Waals surface area (Å²) in [6, 6.07) is 14.0. The Hall–Kier alpha value is -2.67. The van der Waals surface area contributed by atoms with Gasteiger partial charge in [0, 0.05) is 23.5 Å². The van der Waals surface area contributed by atoms with E-state index in [2.05, 4.69) is 39.6 Å². The predicted molar refractivity (Wildman–Crippen MR) is 112 cm³/mol. The minimum absolute atomic E-state index is 0.00317. The molecule has 3 rings (SSSR count). The highest BCUT2D eigenvalue weighted by Gasteiger charge is 2.20. The minimum atomic E-state index is -0.211. The number of nitrogens with zero attached hydrogens (tertiary/aromatic N) is 4. The molecule has 1 amide bonds. The number of aromatic nitrogens is 4. The first-order valence-corrected chi connectivity index (χ1v) is 10.3. The van der Waals surface area contributed by atoms with E-state index in [0.29, 0.717) is 12.3 Å². The number of carbonyl (C=O) groups is 1. The molecule has 0 saturated heterocycles. The Kier molecular flexibility index (Phi) is 6.46. The summed E-state index contributed by atoms with van der Waals surface area (Å²) in [5.41, 5.74) is 1.88. The number of thioether (sulfide) groups is 1. The molecule has 2 heterocycles. The van der Waals surface area contributed by atoms with E-state index in [1.807, 2.05) is 48.7 Å². The van der Waals surface area contributed by atoms with Gasteiger partial charge < -0.3 is 5.32 Å². The molecule has 1 aromatic carbocycles. The summed E-state index contributed by atoms with van der Waals surface area (Å²) in [7, 11) is 0. The SMILES string of the molecule is CCC(C)(C)NC(=O)CSc1nnc(-c2ccncc2)n1Cc1ccccc1. The molecule has 0 aliphatic carbocycles. The van der Waals surface area contributed by atoms with Gasteiger partial charge in [-0.2, -0.15) is 0 Å². The third kappa shape index (κ3) is 5.19. The molecule has 0 unspecified atom stereocenters. The number of hydrogen-bond acceptors (Lipinski definition) is 5. The van der Waals surface area contributed by atoms with Crippen LogP contribution < -0.4 is 5.32 Å². The molecule has 0 fully saturated rings. The quantitative estimate of drug-likeness (QED) is 0.588. The molecule has 0 radical (unpaired) electrons. The number of rotatable bonds is 8. The van der Waals surface area contributed by atoms with E-state index in [1.165, 1.54) is 11.8 Å². The number of hydrogen-bond donors (Lipinski definition) is 1. The van der Waals surface area contributed by atoms with Crippen LogP contribution in [0.2, 0.25) is 0 Å². The van der Waals surface area contributed by atoms with Crippen molar-refractivity contribution in [3.8, 4) is 11.4 Å². The molecule has 6 nitrogen and oxygen atoms in total. The monoisotopic (exact) mass is 395 g/mol. The second-order valence-electron chi connectivity index (χ2n) is 7.19. The van der Waals surface area contributed by atoms with Gasteiger partial charge in [0.15, 0.2) is 11.0 Å². The van der Waals surface area contributed by atoms with Crippen molar-refractivity contribution in [3.63, 3.8) is 0 Å². The summed E-state index contributed by atoms with van der Waals surface area (Å²) in [6.07, 6.45) is 4.35. The minimum Gasteiger partial charge on any atom is -0.351 e. The van der Waals surface area contributed by atoms with Crippen molar-refractivity contribution in [2.45, 2.75) is 44.4 Å². The van der Waals surface area contributed by atoms with Crippen molar-refractivity contribution >= 4 is 17.7 Å². The Labute approximate surface area is 169 Å². The van der Waals surface area contributed by atoms with Gasteiger partial charge in [0.2, 0.25) is 5.91 Å². The Morgan fingerprint density at radius 2 is 1.82 bits per heavy atom. The maximum Gasteiger partial charge on any atom is 0.230 e. The topological polar surface area (TPSA) is 72.7 Å². The van der Waals surface area contributed by atoms with E-state index in [9.17, 15) is 4.79 Å². The van der Waals surface area contributed by atoms with Gasteiger partial charge in [0.25, 0.3) is 0 Å². The number of pyridine rings is 1. The van der Waals surface area contributed by atoms with Crippen LogP contribution in [0.3, 0.4) is 0 Å². The van der Waals surface area contributed by atoms with Gasteiger partial charge in [-0.05, 0) is 38.0 Å². The fourth-order valence-electron chi connectivity index (χ4n) is 2.65. The van der Waals surface area contributed by atoms with Gasteiger partial charge in [-0.25, -0.2) is 0 Å². The molecule has 146 valence electrons. The van der Waals surface area contributed by atoms with E-state index in [-0.39, 0.29) is 11.4 Å². The Bertz CT molecular complexity index is 909. The molecule has 0 aliphatic rings. The summed E-state index contributed by atoms with van der Waals surface area (Å²) in [5.74, 6) is 1.06. The highest BCUT2D eigenvalue weighted by molar-refractivity contribution is 7.99. The highest BCUT2D eigenvalue weighted by atomic mass is 32.2. The van der Waals surface area contributed by atoms with Gasteiger partial charge in [0.1, 0.15) is 0 Å². The molecule has 0 spiro atoms. The molecular formula is C21H25N5OS.